The lowest BCUT2D eigenvalue weighted by Crippen LogP contribution is -2.44. The first-order valence-corrected chi connectivity index (χ1v) is 6.54. The number of ether oxygens (including phenoxy) is 3. The molecule has 7 nitrogen and oxygen atoms in total. The zero-order valence-electron chi connectivity index (χ0n) is 12.4. The van der Waals surface area contributed by atoms with Gasteiger partial charge in [-0.3, -0.25) is 4.79 Å². The highest BCUT2D eigenvalue weighted by atomic mass is 16.5. The number of hydrogen-bond acceptors (Lipinski definition) is 6. The number of methoxy groups -OCH3 is 2. The fraction of sp³-hybridized carbons (Fsp3) is 0.500. The highest BCUT2D eigenvalue weighted by molar-refractivity contribution is 5.85. The third kappa shape index (κ3) is 5.78. The van der Waals surface area contributed by atoms with Gasteiger partial charge in [0.1, 0.15) is 12.6 Å². The van der Waals surface area contributed by atoms with Crippen LogP contribution in [0.5, 0.6) is 5.88 Å². The van der Waals surface area contributed by atoms with Gasteiger partial charge in [-0.25, -0.2) is 9.78 Å². The smallest absolute Gasteiger partial charge is 0.328 e. The van der Waals surface area contributed by atoms with E-state index >= 15 is 0 Å². The normalized spacial score (nSPS) is 11.6. The molecule has 21 heavy (non-hydrogen) atoms. The molecular weight excluding hydrogens is 276 g/mol. The van der Waals surface area contributed by atoms with Crippen molar-refractivity contribution >= 4 is 11.9 Å². The molecule has 0 bridgehead atoms. The van der Waals surface area contributed by atoms with Gasteiger partial charge in [0.25, 0.3) is 0 Å². The number of carbonyl (C=O) groups excluding carboxylic acids is 2. The Morgan fingerprint density at radius 1 is 1.33 bits per heavy atom. The predicted molar refractivity (Wildman–Crippen MR) is 74.9 cm³/mol. The number of rotatable bonds is 8. The average Bonchev–Trinajstić information content (AvgIpc) is 2.52. The molecule has 0 aliphatic heterocycles. The Bertz CT molecular complexity index is 461. The second-order valence-electron chi connectivity index (χ2n) is 4.19. The summed E-state index contributed by atoms with van der Waals surface area (Å²) in [5.74, 6) is -0.405. The summed E-state index contributed by atoms with van der Waals surface area (Å²) < 4.78 is 14.7. The summed E-state index contributed by atoms with van der Waals surface area (Å²) in [4.78, 5) is 27.4. The van der Waals surface area contributed by atoms with Crippen LogP contribution in [0.1, 0.15) is 12.5 Å². The van der Waals surface area contributed by atoms with E-state index in [9.17, 15) is 9.59 Å². The van der Waals surface area contributed by atoms with Crippen LogP contribution in [0.25, 0.3) is 0 Å². The van der Waals surface area contributed by atoms with Gasteiger partial charge in [-0.05, 0) is 12.5 Å². The molecule has 0 spiro atoms. The van der Waals surface area contributed by atoms with E-state index in [-0.39, 0.29) is 18.9 Å². The number of nitrogens with zero attached hydrogens (tertiary/aromatic N) is 1. The molecule has 0 aliphatic carbocycles. The third-order valence-corrected chi connectivity index (χ3v) is 2.70. The molecule has 1 heterocycles. The van der Waals surface area contributed by atoms with Crippen molar-refractivity contribution in [3.05, 3.63) is 23.9 Å². The number of pyridine rings is 1. The lowest BCUT2D eigenvalue weighted by molar-refractivity contribution is -0.145. The van der Waals surface area contributed by atoms with Crippen molar-refractivity contribution in [2.45, 2.75) is 19.4 Å². The van der Waals surface area contributed by atoms with Gasteiger partial charge in [0.05, 0.1) is 14.2 Å². The zero-order chi connectivity index (χ0) is 15.7. The summed E-state index contributed by atoms with van der Waals surface area (Å²) in [6, 6.07) is 2.68. The quantitative estimate of drug-likeness (QED) is 0.696. The van der Waals surface area contributed by atoms with Crippen LogP contribution in [0, 0.1) is 0 Å². The predicted octanol–water partition coefficient (Wildman–Crippen LogP) is 0.327. The molecular formula is C14H20N2O5. The van der Waals surface area contributed by atoms with Crippen molar-refractivity contribution in [2.75, 3.05) is 27.4 Å². The monoisotopic (exact) mass is 296 g/mol. The van der Waals surface area contributed by atoms with E-state index < -0.39 is 12.0 Å². The number of aromatic nitrogens is 1. The number of amides is 1. The molecule has 0 fully saturated rings. The topological polar surface area (TPSA) is 86.8 Å². The van der Waals surface area contributed by atoms with E-state index in [1.54, 1.807) is 25.3 Å². The first kappa shape index (κ1) is 16.9. The summed E-state index contributed by atoms with van der Waals surface area (Å²) in [5, 5.41) is 2.58. The van der Waals surface area contributed by atoms with Gasteiger partial charge in [0.2, 0.25) is 11.8 Å². The molecule has 0 saturated heterocycles. The van der Waals surface area contributed by atoms with E-state index in [1.165, 1.54) is 14.2 Å². The Hall–Kier alpha value is -2.15. The lowest BCUT2D eigenvalue weighted by Gasteiger charge is -2.16. The molecule has 0 aliphatic rings. The first-order chi connectivity index (χ1) is 10.1. The van der Waals surface area contributed by atoms with Gasteiger partial charge in [-0.15, -0.1) is 0 Å². The van der Waals surface area contributed by atoms with E-state index in [0.717, 1.165) is 5.56 Å². The molecule has 0 radical (unpaired) electrons. The Kier molecular flexibility index (Phi) is 7.17. The highest BCUT2D eigenvalue weighted by Gasteiger charge is 2.22. The Morgan fingerprint density at radius 2 is 2.10 bits per heavy atom. The Balaban J connectivity index is 2.68. The van der Waals surface area contributed by atoms with Crippen molar-refractivity contribution in [3.63, 3.8) is 0 Å². The van der Waals surface area contributed by atoms with Gasteiger partial charge in [0, 0.05) is 25.3 Å². The number of esters is 1. The number of carbonyl (C=O) groups is 2. The molecule has 0 aromatic carbocycles. The second kappa shape index (κ2) is 8.91. The van der Waals surface area contributed by atoms with E-state index in [0.29, 0.717) is 12.5 Å². The van der Waals surface area contributed by atoms with Gasteiger partial charge >= 0.3 is 5.97 Å². The largest absolute Gasteiger partial charge is 0.481 e. The molecule has 1 rings (SSSR count). The molecule has 116 valence electrons. The number of nitrogens with one attached hydrogen (secondary N) is 1. The maximum Gasteiger partial charge on any atom is 0.328 e. The second-order valence-corrected chi connectivity index (χ2v) is 4.19. The average molecular weight is 296 g/mol. The molecule has 1 N–H and O–H groups in total. The molecule has 1 amide bonds. The van der Waals surface area contributed by atoms with Crippen LogP contribution in [-0.2, 0) is 25.5 Å². The highest BCUT2D eigenvalue weighted by Crippen LogP contribution is 2.09. The van der Waals surface area contributed by atoms with Gasteiger partial charge < -0.3 is 19.5 Å². The SMILES string of the molecule is CCOCC(=O)N[C@@H](Cc1ccc(OC)nc1)C(=O)OC. The molecule has 0 unspecified atom stereocenters. The molecule has 1 aromatic rings. The summed E-state index contributed by atoms with van der Waals surface area (Å²) in [6.07, 6.45) is 1.87. The minimum atomic E-state index is -0.779. The summed E-state index contributed by atoms with van der Waals surface area (Å²) >= 11 is 0. The van der Waals surface area contributed by atoms with Gasteiger partial charge in [0.15, 0.2) is 0 Å². The Morgan fingerprint density at radius 3 is 2.62 bits per heavy atom. The lowest BCUT2D eigenvalue weighted by atomic mass is 10.1. The first-order valence-electron chi connectivity index (χ1n) is 6.54. The van der Waals surface area contributed by atoms with Crippen LogP contribution in [0.4, 0.5) is 0 Å². The van der Waals surface area contributed by atoms with E-state index in [1.807, 2.05) is 0 Å². The van der Waals surface area contributed by atoms with Crippen molar-refractivity contribution < 1.29 is 23.8 Å². The van der Waals surface area contributed by atoms with Crippen molar-refractivity contribution in [1.82, 2.24) is 10.3 Å². The summed E-state index contributed by atoms with van der Waals surface area (Å²) in [6.45, 7) is 2.12. The van der Waals surface area contributed by atoms with Crippen molar-refractivity contribution in [2.24, 2.45) is 0 Å². The summed E-state index contributed by atoms with van der Waals surface area (Å²) in [5.41, 5.74) is 0.780. The molecule has 1 aromatic heterocycles. The van der Waals surface area contributed by atoms with E-state index in [2.05, 4.69) is 10.3 Å². The third-order valence-electron chi connectivity index (χ3n) is 2.70. The van der Waals surface area contributed by atoms with Crippen LogP contribution >= 0.6 is 0 Å². The van der Waals surface area contributed by atoms with Crippen LogP contribution in [0.2, 0.25) is 0 Å². The standard InChI is InChI=1S/C14H20N2O5/c1-4-21-9-12(17)16-11(14(18)20-3)7-10-5-6-13(19-2)15-8-10/h5-6,8,11H,4,7,9H2,1-3H3,(H,16,17)/t11-/m0/s1. The molecule has 7 heteroatoms. The van der Waals surface area contributed by atoms with Crippen LogP contribution in [0.15, 0.2) is 18.3 Å². The maximum atomic E-state index is 11.7. The van der Waals surface area contributed by atoms with Crippen LogP contribution < -0.4 is 10.1 Å². The maximum absolute atomic E-state index is 11.7. The Labute approximate surface area is 123 Å². The van der Waals surface area contributed by atoms with E-state index in [4.69, 9.17) is 14.2 Å². The van der Waals surface area contributed by atoms with Crippen LogP contribution in [-0.4, -0.2) is 50.3 Å². The van der Waals surface area contributed by atoms with Crippen LogP contribution in [0.3, 0.4) is 0 Å². The van der Waals surface area contributed by atoms with Gasteiger partial charge in [-0.2, -0.15) is 0 Å². The summed E-state index contributed by atoms with van der Waals surface area (Å²) in [7, 11) is 2.80. The minimum Gasteiger partial charge on any atom is -0.481 e. The molecule has 0 saturated carbocycles. The fourth-order valence-electron chi connectivity index (χ4n) is 1.65. The molecule has 1 atom stereocenters. The van der Waals surface area contributed by atoms with Gasteiger partial charge in [-0.1, -0.05) is 6.07 Å². The minimum absolute atomic E-state index is 0.0924. The van der Waals surface area contributed by atoms with Crippen molar-refractivity contribution in [1.29, 1.82) is 0 Å². The fourth-order valence-corrected chi connectivity index (χ4v) is 1.65. The zero-order valence-corrected chi connectivity index (χ0v) is 12.4. The number of hydrogen-bond donors (Lipinski definition) is 1. The van der Waals surface area contributed by atoms with Crippen molar-refractivity contribution in [3.8, 4) is 5.88 Å².